The maximum atomic E-state index is 5.22. The second-order valence-corrected chi connectivity index (χ2v) is 14.5. The van der Waals surface area contributed by atoms with Crippen LogP contribution in [0, 0.1) is 0 Å². The summed E-state index contributed by atoms with van der Waals surface area (Å²) in [5.41, 5.74) is 11.0. The number of fused-ring (bicyclic) bond motifs is 5. The highest BCUT2D eigenvalue weighted by Gasteiger charge is 2.17. The second kappa shape index (κ2) is 14.0. The average Bonchev–Trinajstić information content (AvgIpc) is 3.31. The Bertz CT molecular complexity index is 3270. The molecule has 0 unspecified atom stereocenters. The van der Waals surface area contributed by atoms with Gasteiger partial charge in [-0.15, -0.1) is 0 Å². The molecule has 11 aromatic rings. The van der Waals surface area contributed by atoms with Crippen molar-refractivity contribution in [3.05, 3.63) is 200 Å². The molecule has 3 aromatic heterocycles. The maximum absolute atomic E-state index is 5.22. The summed E-state index contributed by atoms with van der Waals surface area (Å²) in [5, 5.41) is 6.67. The van der Waals surface area contributed by atoms with Gasteiger partial charge in [0.05, 0.1) is 22.4 Å². The zero-order valence-electron chi connectivity index (χ0n) is 31.3. The van der Waals surface area contributed by atoms with Gasteiger partial charge in [0.1, 0.15) is 0 Å². The van der Waals surface area contributed by atoms with E-state index in [0.717, 1.165) is 93.7 Å². The van der Waals surface area contributed by atoms with E-state index in [2.05, 4.69) is 121 Å². The van der Waals surface area contributed by atoms with Gasteiger partial charge in [0, 0.05) is 38.6 Å². The highest BCUT2D eigenvalue weighted by atomic mass is 15.0. The third kappa shape index (κ3) is 6.03. The van der Waals surface area contributed by atoms with E-state index in [9.17, 15) is 0 Å². The zero-order chi connectivity index (χ0) is 38.4. The molecule has 0 radical (unpaired) electrons. The Balaban J connectivity index is 0.973. The van der Waals surface area contributed by atoms with E-state index in [1.54, 1.807) is 0 Å². The number of benzene rings is 8. The predicted octanol–water partition coefficient (Wildman–Crippen LogP) is 13.3. The molecule has 0 amide bonds. The number of hydrogen-bond acceptors (Lipinski definition) is 5. The van der Waals surface area contributed by atoms with Crippen LogP contribution in [0.1, 0.15) is 0 Å². The van der Waals surface area contributed by atoms with Crippen molar-refractivity contribution in [1.82, 2.24) is 24.9 Å². The van der Waals surface area contributed by atoms with E-state index in [-0.39, 0.29) is 0 Å². The Hall–Kier alpha value is -7.89. The molecule has 270 valence electrons. The van der Waals surface area contributed by atoms with Gasteiger partial charge in [0.15, 0.2) is 17.5 Å². The first-order valence-corrected chi connectivity index (χ1v) is 19.4. The molecule has 5 nitrogen and oxygen atoms in total. The number of pyridine rings is 2. The summed E-state index contributed by atoms with van der Waals surface area (Å²) >= 11 is 0. The largest absolute Gasteiger partial charge is 0.245 e. The first kappa shape index (κ1) is 33.4. The molecule has 0 bridgehead atoms. The molecule has 0 atom stereocenters. The maximum Gasteiger partial charge on any atom is 0.164 e. The van der Waals surface area contributed by atoms with Gasteiger partial charge >= 0.3 is 0 Å². The van der Waals surface area contributed by atoms with E-state index in [4.69, 9.17) is 24.9 Å². The number of aromatic nitrogens is 5. The minimum absolute atomic E-state index is 0.643. The normalized spacial score (nSPS) is 11.4. The van der Waals surface area contributed by atoms with Crippen LogP contribution in [-0.2, 0) is 0 Å². The van der Waals surface area contributed by atoms with Gasteiger partial charge in [0.2, 0.25) is 0 Å². The van der Waals surface area contributed by atoms with E-state index in [1.807, 2.05) is 78.9 Å². The highest BCUT2D eigenvalue weighted by molar-refractivity contribution is 6.06. The molecule has 0 aliphatic heterocycles. The van der Waals surface area contributed by atoms with Crippen molar-refractivity contribution in [1.29, 1.82) is 0 Å². The van der Waals surface area contributed by atoms with E-state index >= 15 is 0 Å². The minimum atomic E-state index is 0.643. The Morgan fingerprint density at radius 3 is 1.24 bits per heavy atom. The van der Waals surface area contributed by atoms with Crippen LogP contribution in [0.2, 0.25) is 0 Å². The van der Waals surface area contributed by atoms with Crippen molar-refractivity contribution in [3.8, 4) is 67.8 Å². The fourth-order valence-electron chi connectivity index (χ4n) is 7.95. The molecule has 0 fully saturated rings. The fraction of sp³-hybridized carbons (Fsp3) is 0. The third-order valence-corrected chi connectivity index (χ3v) is 10.9. The molecule has 0 aliphatic rings. The third-order valence-electron chi connectivity index (χ3n) is 10.9. The molecular weight excluding hydrogens is 707 g/mol. The molecule has 0 N–H and O–H groups in total. The monoisotopic (exact) mass is 739 g/mol. The van der Waals surface area contributed by atoms with Gasteiger partial charge in [-0.25, -0.2) is 24.9 Å². The molecular formula is C53H33N5. The van der Waals surface area contributed by atoms with Gasteiger partial charge in [-0.2, -0.15) is 0 Å². The van der Waals surface area contributed by atoms with Gasteiger partial charge in [-0.1, -0.05) is 170 Å². The summed E-state index contributed by atoms with van der Waals surface area (Å²) in [6.45, 7) is 0. The summed E-state index contributed by atoms with van der Waals surface area (Å²) in [6.07, 6.45) is 0. The Morgan fingerprint density at radius 1 is 0.241 bits per heavy atom. The topological polar surface area (TPSA) is 64.5 Å². The average molecular weight is 740 g/mol. The minimum Gasteiger partial charge on any atom is -0.245 e. The summed E-state index contributed by atoms with van der Waals surface area (Å²) < 4.78 is 0. The van der Waals surface area contributed by atoms with Crippen molar-refractivity contribution in [2.24, 2.45) is 0 Å². The lowest BCUT2D eigenvalue weighted by molar-refractivity contribution is 1.08. The van der Waals surface area contributed by atoms with Crippen LogP contribution in [0.3, 0.4) is 0 Å². The molecule has 11 rings (SSSR count). The number of hydrogen-bond donors (Lipinski definition) is 0. The fourth-order valence-corrected chi connectivity index (χ4v) is 7.95. The quantitative estimate of drug-likeness (QED) is 0.159. The summed E-state index contributed by atoms with van der Waals surface area (Å²) in [5.74, 6) is 1.93. The van der Waals surface area contributed by atoms with Crippen LogP contribution in [-0.4, -0.2) is 24.9 Å². The van der Waals surface area contributed by atoms with Crippen LogP contribution in [0.25, 0.3) is 111 Å². The second-order valence-electron chi connectivity index (χ2n) is 14.5. The lowest BCUT2D eigenvalue weighted by Crippen LogP contribution is -2.00. The standard InChI is InChI=1S/C53H33N5/c1-4-12-34(13-5-1)47-30-26-35-20-21-36-27-31-48(55-50(36)49(35)54-47)42-25-23-39-32-41(24-22-40(39)33-42)43-28-29-46(45-19-11-10-18-44(43)45)53-57-51(37-14-6-2-7-15-37)56-52(58-53)38-16-8-3-9-17-38/h1-33H. The molecule has 0 saturated carbocycles. The van der Waals surface area contributed by atoms with E-state index in [0.29, 0.717) is 17.5 Å². The zero-order valence-corrected chi connectivity index (χ0v) is 31.3. The van der Waals surface area contributed by atoms with Gasteiger partial charge in [0.25, 0.3) is 0 Å². The molecule has 0 aliphatic carbocycles. The first-order chi connectivity index (χ1) is 28.7. The van der Waals surface area contributed by atoms with E-state index in [1.165, 1.54) is 0 Å². The highest BCUT2D eigenvalue weighted by Crippen LogP contribution is 2.37. The van der Waals surface area contributed by atoms with Crippen molar-refractivity contribution >= 4 is 43.4 Å². The van der Waals surface area contributed by atoms with Gasteiger partial charge in [-0.3, -0.25) is 0 Å². The van der Waals surface area contributed by atoms with Crippen LogP contribution in [0.5, 0.6) is 0 Å². The Labute approximate surface area is 335 Å². The van der Waals surface area contributed by atoms with Crippen molar-refractivity contribution < 1.29 is 0 Å². The Morgan fingerprint density at radius 2 is 0.655 bits per heavy atom. The van der Waals surface area contributed by atoms with Crippen molar-refractivity contribution in [2.45, 2.75) is 0 Å². The van der Waals surface area contributed by atoms with Gasteiger partial charge in [-0.05, 0) is 63.0 Å². The van der Waals surface area contributed by atoms with Gasteiger partial charge < -0.3 is 0 Å². The van der Waals surface area contributed by atoms with Crippen LogP contribution in [0.15, 0.2) is 200 Å². The summed E-state index contributed by atoms with van der Waals surface area (Å²) in [6, 6.07) is 69.4. The number of rotatable bonds is 6. The molecule has 8 aromatic carbocycles. The lowest BCUT2D eigenvalue weighted by Gasteiger charge is -2.14. The first-order valence-electron chi connectivity index (χ1n) is 19.4. The summed E-state index contributed by atoms with van der Waals surface area (Å²) in [4.78, 5) is 25.3. The smallest absolute Gasteiger partial charge is 0.164 e. The molecule has 3 heterocycles. The summed E-state index contributed by atoms with van der Waals surface area (Å²) in [7, 11) is 0. The van der Waals surface area contributed by atoms with Crippen LogP contribution < -0.4 is 0 Å². The molecule has 5 heteroatoms. The Kier molecular flexibility index (Phi) is 8.07. The predicted molar refractivity (Wildman–Crippen MR) is 238 cm³/mol. The number of nitrogens with zero attached hydrogens (tertiary/aromatic N) is 5. The molecule has 0 spiro atoms. The SMILES string of the molecule is c1ccc(-c2ccc3ccc4ccc(-c5ccc6cc(-c7ccc(-c8nc(-c9ccccc9)nc(-c9ccccc9)n8)c8ccccc78)ccc6c5)nc4c3n2)cc1. The van der Waals surface area contributed by atoms with E-state index < -0.39 is 0 Å². The molecule has 58 heavy (non-hydrogen) atoms. The van der Waals surface area contributed by atoms with Crippen LogP contribution in [0.4, 0.5) is 0 Å². The molecule has 0 saturated heterocycles. The van der Waals surface area contributed by atoms with Crippen molar-refractivity contribution in [3.63, 3.8) is 0 Å². The lowest BCUT2D eigenvalue weighted by atomic mass is 9.93. The van der Waals surface area contributed by atoms with Crippen molar-refractivity contribution in [2.75, 3.05) is 0 Å². The van der Waals surface area contributed by atoms with Crippen LogP contribution >= 0.6 is 0 Å².